The third-order valence-electron chi connectivity index (χ3n) is 6.66. The Balaban J connectivity index is 1.23. The molecular weight excluding hydrogens is 458 g/mol. The predicted octanol–water partition coefficient (Wildman–Crippen LogP) is 4.26. The van der Waals surface area contributed by atoms with Crippen molar-refractivity contribution in [2.75, 3.05) is 19.7 Å². The average molecular weight is 487 g/mol. The number of carbonyl (C=O) groups excluding carboxylic acids is 2. The highest BCUT2D eigenvalue weighted by atomic mass is 19.3. The Kier molecular flexibility index (Phi) is 7.05. The van der Waals surface area contributed by atoms with Crippen molar-refractivity contribution in [3.05, 3.63) is 59.7 Å². The Morgan fingerprint density at radius 3 is 2.31 bits per heavy atom. The van der Waals surface area contributed by atoms with Gasteiger partial charge in [0.1, 0.15) is 12.6 Å². The number of carbonyl (C=O) groups is 3. The zero-order chi connectivity index (χ0) is 25.2. The zero-order valence-corrected chi connectivity index (χ0v) is 19.4. The molecule has 2 amide bonds. The lowest BCUT2D eigenvalue weighted by molar-refractivity contribution is -0.148. The number of amides is 2. The Labute approximate surface area is 202 Å². The molecule has 35 heavy (non-hydrogen) atoms. The van der Waals surface area contributed by atoms with Crippen molar-refractivity contribution >= 4 is 18.0 Å². The number of likely N-dealkylation sites (tertiary alicyclic amines) is 1. The SMILES string of the molecule is CC(CCC(=O)N1CC(F)(F)C[C@@H]1C(=O)O)CNC(=O)OCC1c2ccccc2-c2ccccc21. The highest BCUT2D eigenvalue weighted by Gasteiger charge is 2.49. The number of hydrogen-bond acceptors (Lipinski definition) is 4. The van der Waals surface area contributed by atoms with Crippen molar-refractivity contribution in [3.63, 3.8) is 0 Å². The molecule has 1 fully saturated rings. The number of nitrogens with one attached hydrogen (secondary N) is 1. The topological polar surface area (TPSA) is 95.9 Å². The van der Waals surface area contributed by atoms with Gasteiger partial charge < -0.3 is 20.1 Å². The molecule has 1 heterocycles. The molecule has 0 spiro atoms. The van der Waals surface area contributed by atoms with Crippen molar-refractivity contribution in [2.24, 2.45) is 5.92 Å². The fourth-order valence-electron chi connectivity index (χ4n) is 4.82. The number of carboxylic acid groups (broad SMARTS) is 1. The number of hydrogen-bond donors (Lipinski definition) is 2. The van der Waals surface area contributed by atoms with E-state index in [0.717, 1.165) is 27.2 Å². The summed E-state index contributed by atoms with van der Waals surface area (Å²) in [5.74, 6) is -5.44. The number of nitrogens with zero attached hydrogens (tertiary/aromatic N) is 1. The monoisotopic (exact) mass is 486 g/mol. The lowest BCUT2D eigenvalue weighted by atomic mass is 9.98. The summed E-state index contributed by atoms with van der Waals surface area (Å²) in [5, 5.41) is 11.8. The molecule has 1 aliphatic heterocycles. The van der Waals surface area contributed by atoms with Crippen LogP contribution in [0.5, 0.6) is 0 Å². The summed E-state index contributed by atoms with van der Waals surface area (Å²) in [5.41, 5.74) is 4.49. The third kappa shape index (κ3) is 5.44. The van der Waals surface area contributed by atoms with Crippen molar-refractivity contribution in [1.29, 1.82) is 0 Å². The van der Waals surface area contributed by atoms with Gasteiger partial charge in [-0.1, -0.05) is 55.5 Å². The molecule has 2 atom stereocenters. The maximum absolute atomic E-state index is 13.6. The largest absolute Gasteiger partial charge is 0.480 e. The van der Waals surface area contributed by atoms with Crippen LogP contribution in [0.4, 0.5) is 13.6 Å². The van der Waals surface area contributed by atoms with E-state index in [4.69, 9.17) is 9.84 Å². The molecule has 2 aromatic carbocycles. The predicted molar refractivity (Wildman–Crippen MR) is 124 cm³/mol. The summed E-state index contributed by atoms with van der Waals surface area (Å²) < 4.78 is 32.7. The first-order valence-electron chi connectivity index (χ1n) is 11.7. The van der Waals surface area contributed by atoms with E-state index in [-0.39, 0.29) is 31.4 Å². The second-order valence-corrected chi connectivity index (χ2v) is 9.29. The van der Waals surface area contributed by atoms with Crippen LogP contribution in [-0.2, 0) is 14.3 Å². The van der Waals surface area contributed by atoms with Gasteiger partial charge in [-0.25, -0.2) is 18.4 Å². The van der Waals surface area contributed by atoms with E-state index in [0.29, 0.717) is 6.42 Å². The number of alkyl halides is 2. The van der Waals surface area contributed by atoms with Gasteiger partial charge in [0, 0.05) is 25.3 Å². The molecule has 0 aromatic heterocycles. The Morgan fingerprint density at radius 2 is 1.71 bits per heavy atom. The molecular formula is C26H28F2N2O5. The van der Waals surface area contributed by atoms with Gasteiger partial charge in [-0.15, -0.1) is 0 Å². The molecule has 1 unspecified atom stereocenters. The van der Waals surface area contributed by atoms with Gasteiger partial charge in [-0.2, -0.15) is 0 Å². The molecule has 9 heteroatoms. The second kappa shape index (κ2) is 10.0. The minimum absolute atomic E-state index is 0.0519. The normalized spacial score (nSPS) is 19.1. The Hall–Kier alpha value is -3.49. The number of rotatable bonds is 8. The zero-order valence-electron chi connectivity index (χ0n) is 19.4. The number of aliphatic carboxylic acids is 1. The molecule has 2 aromatic rings. The van der Waals surface area contributed by atoms with Crippen LogP contribution in [-0.4, -0.2) is 59.6 Å². The maximum atomic E-state index is 13.6. The molecule has 2 N–H and O–H groups in total. The number of ether oxygens (including phenoxy) is 1. The number of benzene rings is 2. The van der Waals surface area contributed by atoms with E-state index >= 15 is 0 Å². The summed E-state index contributed by atoms with van der Waals surface area (Å²) in [6.45, 7) is 1.36. The quantitative estimate of drug-likeness (QED) is 0.581. The highest BCUT2D eigenvalue weighted by molar-refractivity contribution is 5.84. The summed E-state index contributed by atoms with van der Waals surface area (Å²) in [4.78, 5) is 36.6. The minimum Gasteiger partial charge on any atom is -0.480 e. The van der Waals surface area contributed by atoms with Gasteiger partial charge in [0.25, 0.3) is 5.92 Å². The second-order valence-electron chi connectivity index (χ2n) is 9.29. The van der Waals surface area contributed by atoms with Crippen molar-refractivity contribution < 1.29 is 33.0 Å². The average Bonchev–Trinajstić information content (AvgIpc) is 3.34. The molecule has 4 rings (SSSR count). The summed E-state index contributed by atoms with van der Waals surface area (Å²) in [6.07, 6.45) is -1.20. The van der Waals surface area contributed by atoms with Gasteiger partial charge >= 0.3 is 12.1 Å². The van der Waals surface area contributed by atoms with Crippen molar-refractivity contribution in [3.8, 4) is 11.1 Å². The van der Waals surface area contributed by atoms with Gasteiger partial charge in [-0.3, -0.25) is 4.79 Å². The smallest absolute Gasteiger partial charge is 0.407 e. The van der Waals surface area contributed by atoms with Crippen LogP contribution in [0.25, 0.3) is 11.1 Å². The minimum atomic E-state index is -3.20. The van der Waals surface area contributed by atoms with Crippen molar-refractivity contribution in [2.45, 2.75) is 44.1 Å². The van der Waals surface area contributed by atoms with E-state index in [2.05, 4.69) is 17.4 Å². The molecule has 1 saturated heterocycles. The number of carboxylic acids is 1. The standard InChI is InChI=1S/C26H28F2N2O5/c1-16(10-11-23(31)30-15-26(27,28)12-22(30)24(32)33)13-29-25(34)35-14-21-19-8-4-2-6-17(19)18-7-3-5-9-20(18)21/h2-9,16,21-22H,10-15H2,1H3,(H,29,34)(H,32,33)/t16?,22-/m1/s1. The van der Waals surface area contributed by atoms with Crippen LogP contribution in [0.3, 0.4) is 0 Å². The lowest BCUT2D eigenvalue weighted by Gasteiger charge is -2.22. The fourth-order valence-corrected chi connectivity index (χ4v) is 4.82. The van der Waals surface area contributed by atoms with Crippen LogP contribution in [0.1, 0.15) is 43.2 Å². The van der Waals surface area contributed by atoms with Gasteiger partial charge in [-0.05, 0) is 34.6 Å². The fraction of sp³-hybridized carbons (Fsp3) is 0.423. The molecule has 7 nitrogen and oxygen atoms in total. The van der Waals surface area contributed by atoms with E-state index < -0.39 is 42.9 Å². The van der Waals surface area contributed by atoms with E-state index in [1.807, 2.05) is 43.3 Å². The number of alkyl carbamates (subject to hydrolysis) is 1. The van der Waals surface area contributed by atoms with Crippen LogP contribution in [0.15, 0.2) is 48.5 Å². The summed E-state index contributed by atoms with van der Waals surface area (Å²) >= 11 is 0. The van der Waals surface area contributed by atoms with E-state index in [1.165, 1.54) is 0 Å². The van der Waals surface area contributed by atoms with Crippen LogP contribution >= 0.6 is 0 Å². The Bertz CT molecular complexity index is 1080. The molecule has 0 bridgehead atoms. The van der Waals surface area contributed by atoms with E-state index in [9.17, 15) is 23.2 Å². The van der Waals surface area contributed by atoms with Gasteiger partial charge in [0.15, 0.2) is 0 Å². The number of fused-ring (bicyclic) bond motifs is 3. The maximum Gasteiger partial charge on any atom is 0.407 e. The number of halogens is 2. The lowest BCUT2D eigenvalue weighted by Crippen LogP contribution is -2.41. The van der Waals surface area contributed by atoms with Crippen LogP contribution < -0.4 is 5.32 Å². The first-order chi connectivity index (χ1) is 16.7. The van der Waals surface area contributed by atoms with Gasteiger partial charge in [0.05, 0.1) is 6.54 Å². The summed E-state index contributed by atoms with van der Waals surface area (Å²) in [7, 11) is 0. The molecule has 2 aliphatic rings. The molecule has 1 aliphatic carbocycles. The molecule has 0 radical (unpaired) electrons. The molecule has 186 valence electrons. The summed E-state index contributed by atoms with van der Waals surface area (Å²) in [6, 6.07) is 14.6. The first-order valence-corrected chi connectivity index (χ1v) is 11.7. The van der Waals surface area contributed by atoms with Crippen molar-refractivity contribution in [1.82, 2.24) is 10.2 Å². The van der Waals surface area contributed by atoms with Crippen LogP contribution in [0, 0.1) is 5.92 Å². The Morgan fingerprint density at radius 1 is 1.11 bits per heavy atom. The third-order valence-corrected chi connectivity index (χ3v) is 6.66. The van der Waals surface area contributed by atoms with Gasteiger partial charge in [0.2, 0.25) is 5.91 Å². The first kappa shape index (κ1) is 24.6. The van der Waals surface area contributed by atoms with Crippen LogP contribution in [0.2, 0.25) is 0 Å². The highest BCUT2D eigenvalue weighted by Crippen LogP contribution is 2.44. The molecule has 0 saturated carbocycles. The van der Waals surface area contributed by atoms with E-state index in [1.54, 1.807) is 0 Å².